The lowest BCUT2D eigenvalue weighted by molar-refractivity contribution is -0.0195. The summed E-state index contributed by atoms with van der Waals surface area (Å²) in [5.74, 6) is 2.43. The van der Waals surface area contributed by atoms with Crippen LogP contribution in [0.5, 0.6) is 28.7 Å². The van der Waals surface area contributed by atoms with Crippen molar-refractivity contribution in [3.05, 3.63) is 39.9 Å². The molecule has 42 heavy (non-hydrogen) atoms. The summed E-state index contributed by atoms with van der Waals surface area (Å²) in [6.07, 6.45) is 4.84. The average Bonchev–Trinajstić information content (AvgIpc) is 3.72. The lowest BCUT2D eigenvalue weighted by Gasteiger charge is -2.41. The lowest BCUT2D eigenvalue weighted by atomic mass is 9.80. The maximum Gasteiger partial charge on any atom is 0.410 e. The molecule has 1 fully saturated rings. The Morgan fingerprint density at radius 2 is 1.71 bits per heavy atom. The number of benzene rings is 2. The molecule has 226 valence electrons. The molecule has 10 heteroatoms. The third-order valence-electron chi connectivity index (χ3n) is 8.67. The van der Waals surface area contributed by atoms with Crippen LogP contribution < -0.4 is 23.7 Å². The van der Waals surface area contributed by atoms with Crippen LogP contribution in [-0.2, 0) is 22.3 Å². The summed E-state index contributed by atoms with van der Waals surface area (Å²) in [5, 5.41) is 0. The zero-order valence-electron chi connectivity index (χ0n) is 25.2. The first-order chi connectivity index (χ1) is 20.2. The van der Waals surface area contributed by atoms with Gasteiger partial charge in [0, 0.05) is 23.2 Å². The Morgan fingerprint density at radius 1 is 1.00 bits per heavy atom. The van der Waals surface area contributed by atoms with E-state index >= 15 is 0 Å². The standard InChI is InChI=1S/C32H39NO9/c1-32(2,3)42-31(35)33-14-13-18-20(15-17-9-7-8-10-17)26-29(40-16-39-26)28(38-6)22(18)24(33)25-19-11-12-21(36-4)27(37-5)23(19)30(34)41-25/h11-12,17,24-25H,7-10,13-16H2,1-6H3/t24-,25+/m1/s1. The molecular weight excluding hydrogens is 542 g/mol. The van der Waals surface area contributed by atoms with Gasteiger partial charge >= 0.3 is 12.1 Å². The van der Waals surface area contributed by atoms with Crippen molar-refractivity contribution in [2.24, 2.45) is 5.92 Å². The normalized spacial score (nSPS) is 21.1. The van der Waals surface area contributed by atoms with E-state index in [4.69, 9.17) is 33.2 Å². The van der Waals surface area contributed by atoms with E-state index in [-0.39, 0.29) is 12.4 Å². The van der Waals surface area contributed by atoms with Crippen molar-refractivity contribution in [1.82, 2.24) is 4.90 Å². The molecule has 0 unspecified atom stereocenters. The molecule has 2 aromatic carbocycles. The molecule has 10 nitrogen and oxygen atoms in total. The molecule has 0 radical (unpaired) electrons. The second-order valence-electron chi connectivity index (χ2n) is 12.3. The highest BCUT2D eigenvalue weighted by atomic mass is 16.7. The molecule has 1 saturated carbocycles. The summed E-state index contributed by atoms with van der Waals surface area (Å²) < 4.78 is 41.2. The first kappa shape index (κ1) is 28.3. The minimum atomic E-state index is -0.854. The Morgan fingerprint density at radius 3 is 2.38 bits per heavy atom. The number of amides is 1. The van der Waals surface area contributed by atoms with Gasteiger partial charge in [0.2, 0.25) is 12.5 Å². The van der Waals surface area contributed by atoms with Crippen LogP contribution in [0.4, 0.5) is 4.79 Å². The monoisotopic (exact) mass is 581 g/mol. The highest BCUT2D eigenvalue weighted by Gasteiger charge is 2.50. The molecule has 0 spiro atoms. The minimum absolute atomic E-state index is 0.0882. The summed E-state index contributed by atoms with van der Waals surface area (Å²) in [6.45, 7) is 5.95. The van der Waals surface area contributed by atoms with Crippen molar-refractivity contribution in [2.45, 2.75) is 77.0 Å². The number of carbonyl (C=O) groups is 2. The summed E-state index contributed by atoms with van der Waals surface area (Å²) >= 11 is 0. The fourth-order valence-electron chi connectivity index (χ4n) is 6.98. The summed E-state index contributed by atoms with van der Waals surface area (Å²) in [7, 11) is 4.59. The average molecular weight is 582 g/mol. The molecule has 4 aliphatic rings. The van der Waals surface area contributed by atoms with Gasteiger partial charge in [-0.3, -0.25) is 4.90 Å². The van der Waals surface area contributed by atoms with Gasteiger partial charge in [0.05, 0.1) is 21.3 Å². The van der Waals surface area contributed by atoms with Crippen LogP contribution in [0, 0.1) is 5.92 Å². The van der Waals surface area contributed by atoms with E-state index in [2.05, 4.69) is 0 Å². The highest BCUT2D eigenvalue weighted by Crippen LogP contribution is 2.58. The topological polar surface area (TPSA) is 102 Å². The maximum atomic E-state index is 13.8. The van der Waals surface area contributed by atoms with Crippen LogP contribution in [0.2, 0.25) is 0 Å². The number of hydrogen-bond donors (Lipinski definition) is 0. The molecule has 2 atom stereocenters. The first-order valence-corrected chi connectivity index (χ1v) is 14.6. The molecule has 6 rings (SSSR count). The number of cyclic esters (lactones) is 1. The highest BCUT2D eigenvalue weighted by molar-refractivity contribution is 5.98. The first-order valence-electron chi connectivity index (χ1n) is 14.6. The summed E-state index contributed by atoms with van der Waals surface area (Å²) in [4.78, 5) is 28.9. The quantitative estimate of drug-likeness (QED) is 0.385. The fourth-order valence-corrected chi connectivity index (χ4v) is 6.98. The third kappa shape index (κ3) is 4.65. The van der Waals surface area contributed by atoms with E-state index in [9.17, 15) is 9.59 Å². The minimum Gasteiger partial charge on any atom is -0.493 e. The number of hydrogen-bond acceptors (Lipinski definition) is 9. The number of rotatable bonds is 6. The lowest BCUT2D eigenvalue weighted by Crippen LogP contribution is -2.45. The van der Waals surface area contributed by atoms with Gasteiger partial charge < -0.3 is 33.2 Å². The number of fused-ring (bicyclic) bond motifs is 3. The van der Waals surface area contributed by atoms with Crippen molar-refractivity contribution < 1.29 is 42.7 Å². The van der Waals surface area contributed by atoms with Crippen LogP contribution in [-0.4, -0.2) is 57.2 Å². The summed E-state index contributed by atoms with van der Waals surface area (Å²) in [6, 6.07) is 2.79. The second-order valence-corrected chi connectivity index (χ2v) is 12.3. The van der Waals surface area contributed by atoms with Crippen molar-refractivity contribution >= 4 is 12.1 Å². The largest absolute Gasteiger partial charge is 0.493 e. The smallest absolute Gasteiger partial charge is 0.410 e. The van der Waals surface area contributed by atoms with Gasteiger partial charge in [0.25, 0.3) is 0 Å². The number of esters is 1. The van der Waals surface area contributed by atoms with E-state index in [0.717, 1.165) is 28.9 Å². The van der Waals surface area contributed by atoms with E-state index in [0.29, 0.717) is 47.4 Å². The van der Waals surface area contributed by atoms with Gasteiger partial charge in [-0.25, -0.2) is 9.59 Å². The van der Waals surface area contributed by atoms with Crippen molar-refractivity contribution in [2.75, 3.05) is 34.7 Å². The summed E-state index contributed by atoms with van der Waals surface area (Å²) in [5.41, 5.74) is 3.06. The molecule has 1 aliphatic carbocycles. The second kappa shape index (κ2) is 10.8. The van der Waals surface area contributed by atoms with Gasteiger partial charge in [0.15, 0.2) is 29.1 Å². The molecular formula is C32H39NO9. The Kier molecular flexibility index (Phi) is 7.27. The Hall–Kier alpha value is -3.82. The Bertz CT molecular complexity index is 1410. The molecule has 0 N–H and O–H groups in total. The third-order valence-corrected chi connectivity index (χ3v) is 8.67. The predicted molar refractivity (Wildman–Crippen MR) is 152 cm³/mol. The van der Waals surface area contributed by atoms with Crippen molar-refractivity contribution in [3.8, 4) is 28.7 Å². The van der Waals surface area contributed by atoms with Crippen molar-refractivity contribution in [3.63, 3.8) is 0 Å². The number of carbonyl (C=O) groups excluding carboxylic acids is 2. The van der Waals surface area contributed by atoms with Gasteiger partial charge in [0.1, 0.15) is 17.2 Å². The van der Waals surface area contributed by atoms with Crippen LogP contribution in [0.1, 0.15) is 91.2 Å². The van der Waals surface area contributed by atoms with Crippen LogP contribution in [0.25, 0.3) is 0 Å². The maximum absolute atomic E-state index is 13.8. The Balaban J connectivity index is 1.56. The molecule has 3 aliphatic heterocycles. The van der Waals surface area contributed by atoms with E-state index in [1.165, 1.54) is 39.9 Å². The van der Waals surface area contributed by atoms with E-state index < -0.39 is 29.8 Å². The van der Waals surface area contributed by atoms with Crippen LogP contribution in [0.15, 0.2) is 12.1 Å². The molecule has 0 bridgehead atoms. The van der Waals surface area contributed by atoms with Gasteiger partial charge in [-0.15, -0.1) is 0 Å². The molecule has 0 saturated heterocycles. The van der Waals surface area contributed by atoms with E-state index in [1.807, 2.05) is 20.8 Å². The van der Waals surface area contributed by atoms with Gasteiger partial charge in [-0.05, 0) is 51.2 Å². The number of nitrogens with zero attached hydrogens (tertiary/aromatic N) is 1. The molecule has 0 aromatic heterocycles. The molecule has 1 amide bonds. The SMILES string of the molecule is COc1ccc2c(c1OC)C(=O)O[C@@H]2[C@H]1c2c(c(CC3CCCC3)c3c(c2OC)OCO3)CCN1C(=O)OC(C)(C)C. The van der Waals surface area contributed by atoms with Crippen LogP contribution in [0.3, 0.4) is 0 Å². The van der Waals surface area contributed by atoms with Crippen molar-refractivity contribution in [1.29, 1.82) is 0 Å². The van der Waals surface area contributed by atoms with Gasteiger partial charge in [-0.2, -0.15) is 0 Å². The number of ether oxygens (including phenoxy) is 7. The Labute approximate surface area is 246 Å². The zero-order valence-corrected chi connectivity index (χ0v) is 25.2. The molecule has 3 heterocycles. The van der Waals surface area contributed by atoms with E-state index in [1.54, 1.807) is 24.1 Å². The zero-order chi connectivity index (χ0) is 29.8. The predicted octanol–water partition coefficient (Wildman–Crippen LogP) is 5.92. The fraction of sp³-hybridized carbons (Fsp3) is 0.562. The number of methoxy groups -OCH3 is 3. The molecule has 2 aromatic rings. The van der Waals surface area contributed by atoms with Crippen LogP contribution >= 0.6 is 0 Å². The van der Waals surface area contributed by atoms with Gasteiger partial charge in [-0.1, -0.05) is 31.7 Å².